The highest BCUT2D eigenvalue weighted by molar-refractivity contribution is 5.79. The van der Waals surface area contributed by atoms with Gasteiger partial charge in [0.1, 0.15) is 5.75 Å². The van der Waals surface area contributed by atoms with Crippen LogP contribution in [-0.4, -0.2) is 48.6 Å². The maximum atomic E-state index is 12.2. The Balaban J connectivity index is 1.75. The SMILES string of the molecule is COc1ccc(CC(=O)NC2CCN(C(=O)NC(C)(C)C)CC2)cc1. The molecule has 3 amide bonds. The summed E-state index contributed by atoms with van der Waals surface area (Å²) in [5, 5.41) is 6.05. The molecule has 2 rings (SSSR count). The van der Waals surface area contributed by atoms with Gasteiger partial charge in [0.25, 0.3) is 0 Å². The highest BCUT2D eigenvalue weighted by atomic mass is 16.5. The van der Waals surface area contributed by atoms with E-state index in [1.807, 2.05) is 49.9 Å². The number of carbonyl (C=O) groups is 2. The normalized spacial score (nSPS) is 15.6. The molecule has 0 spiro atoms. The van der Waals surface area contributed by atoms with Gasteiger partial charge in [-0.2, -0.15) is 0 Å². The Labute approximate surface area is 149 Å². The second-order valence-electron chi connectivity index (χ2n) is 7.53. The summed E-state index contributed by atoms with van der Waals surface area (Å²) in [5.41, 5.74) is 0.723. The molecule has 1 heterocycles. The van der Waals surface area contributed by atoms with Crippen LogP contribution in [0.3, 0.4) is 0 Å². The molecule has 2 N–H and O–H groups in total. The number of piperidine rings is 1. The first-order chi connectivity index (χ1) is 11.8. The Kier molecular flexibility index (Phi) is 6.28. The molecule has 1 saturated heterocycles. The largest absolute Gasteiger partial charge is 0.497 e. The van der Waals surface area contributed by atoms with Crippen LogP contribution in [-0.2, 0) is 11.2 Å². The zero-order valence-electron chi connectivity index (χ0n) is 15.6. The van der Waals surface area contributed by atoms with Gasteiger partial charge in [0.2, 0.25) is 5.91 Å². The molecule has 0 unspecified atom stereocenters. The van der Waals surface area contributed by atoms with Gasteiger partial charge >= 0.3 is 6.03 Å². The third-order valence-corrected chi connectivity index (χ3v) is 4.15. The summed E-state index contributed by atoms with van der Waals surface area (Å²) < 4.78 is 5.12. The number of carbonyl (C=O) groups excluding carboxylic acids is 2. The molecule has 1 fully saturated rings. The molecule has 0 saturated carbocycles. The summed E-state index contributed by atoms with van der Waals surface area (Å²) in [5.74, 6) is 0.799. The van der Waals surface area contributed by atoms with Gasteiger partial charge in [0, 0.05) is 24.7 Å². The lowest BCUT2D eigenvalue weighted by molar-refractivity contribution is -0.121. The van der Waals surface area contributed by atoms with E-state index in [0.717, 1.165) is 24.2 Å². The molecule has 0 atom stereocenters. The minimum atomic E-state index is -0.236. The number of rotatable bonds is 4. The number of nitrogens with one attached hydrogen (secondary N) is 2. The molecule has 0 radical (unpaired) electrons. The summed E-state index contributed by atoms with van der Waals surface area (Å²) in [7, 11) is 1.62. The van der Waals surface area contributed by atoms with Gasteiger partial charge in [0.15, 0.2) is 0 Å². The molecule has 6 nitrogen and oxygen atoms in total. The van der Waals surface area contributed by atoms with Crippen LogP contribution in [0, 0.1) is 0 Å². The monoisotopic (exact) mass is 347 g/mol. The molecule has 1 aromatic rings. The number of amides is 3. The van der Waals surface area contributed by atoms with E-state index in [4.69, 9.17) is 4.74 Å². The van der Waals surface area contributed by atoms with Gasteiger partial charge < -0.3 is 20.3 Å². The average Bonchev–Trinajstić information content (AvgIpc) is 2.54. The van der Waals surface area contributed by atoms with Crippen LogP contribution < -0.4 is 15.4 Å². The summed E-state index contributed by atoms with van der Waals surface area (Å²) >= 11 is 0. The summed E-state index contributed by atoms with van der Waals surface area (Å²) in [6.07, 6.45) is 1.92. The molecule has 0 aromatic heterocycles. The van der Waals surface area contributed by atoms with Crippen LogP contribution in [0.1, 0.15) is 39.2 Å². The van der Waals surface area contributed by atoms with Gasteiger partial charge in [-0.25, -0.2) is 4.79 Å². The lowest BCUT2D eigenvalue weighted by Gasteiger charge is -2.34. The van der Waals surface area contributed by atoms with Crippen LogP contribution >= 0.6 is 0 Å². The second-order valence-corrected chi connectivity index (χ2v) is 7.53. The number of benzene rings is 1. The van der Waals surface area contributed by atoms with Crippen LogP contribution in [0.2, 0.25) is 0 Å². The third-order valence-electron chi connectivity index (χ3n) is 4.15. The second kappa shape index (κ2) is 8.23. The predicted molar refractivity (Wildman–Crippen MR) is 97.7 cm³/mol. The Hall–Kier alpha value is -2.24. The van der Waals surface area contributed by atoms with Crippen molar-refractivity contribution in [3.63, 3.8) is 0 Å². The van der Waals surface area contributed by atoms with Crippen molar-refractivity contribution in [2.24, 2.45) is 0 Å². The predicted octanol–water partition coefficient (Wildman–Crippen LogP) is 2.33. The van der Waals surface area contributed by atoms with E-state index in [2.05, 4.69) is 10.6 Å². The van der Waals surface area contributed by atoms with E-state index in [1.54, 1.807) is 7.11 Å². The molecule has 0 aliphatic carbocycles. The van der Waals surface area contributed by atoms with Gasteiger partial charge in [-0.1, -0.05) is 12.1 Å². The highest BCUT2D eigenvalue weighted by Gasteiger charge is 2.25. The first-order valence-corrected chi connectivity index (χ1v) is 8.76. The van der Waals surface area contributed by atoms with E-state index >= 15 is 0 Å². The molecule has 1 aliphatic heterocycles. The molecule has 25 heavy (non-hydrogen) atoms. The van der Waals surface area contributed by atoms with Crippen molar-refractivity contribution >= 4 is 11.9 Å². The number of hydrogen-bond acceptors (Lipinski definition) is 3. The third kappa shape index (κ3) is 6.29. The van der Waals surface area contributed by atoms with Crippen molar-refractivity contribution < 1.29 is 14.3 Å². The van der Waals surface area contributed by atoms with E-state index < -0.39 is 0 Å². The number of methoxy groups -OCH3 is 1. The summed E-state index contributed by atoms with van der Waals surface area (Å²) in [4.78, 5) is 26.2. The minimum absolute atomic E-state index is 0.0164. The molecule has 0 bridgehead atoms. The fourth-order valence-electron chi connectivity index (χ4n) is 2.83. The van der Waals surface area contributed by atoms with Gasteiger partial charge in [0.05, 0.1) is 13.5 Å². The zero-order chi connectivity index (χ0) is 18.4. The van der Waals surface area contributed by atoms with Crippen molar-refractivity contribution in [3.05, 3.63) is 29.8 Å². The quantitative estimate of drug-likeness (QED) is 0.878. The maximum Gasteiger partial charge on any atom is 0.317 e. The number of hydrogen-bond donors (Lipinski definition) is 2. The number of nitrogens with zero attached hydrogens (tertiary/aromatic N) is 1. The van der Waals surface area contributed by atoms with Crippen molar-refractivity contribution in [3.8, 4) is 5.75 Å². The van der Waals surface area contributed by atoms with Crippen molar-refractivity contribution in [1.29, 1.82) is 0 Å². The number of likely N-dealkylation sites (tertiary alicyclic amines) is 1. The molecule has 1 aromatic carbocycles. The van der Waals surface area contributed by atoms with Gasteiger partial charge in [-0.3, -0.25) is 4.79 Å². The molecule has 1 aliphatic rings. The van der Waals surface area contributed by atoms with Crippen LogP contribution in [0.5, 0.6) is 5.75 Å². The number of ether oxygens (including phenoxy) is 1. The molecule has 138 valence electrons. The van der Waals surface area contributed by atoms with E-state index in [0.29, 0.717) is 19.5 Å². The maximum absolute atomic E-state index is 12.2. The van der Waals surface area contributed by atoms with E-state index in [9.17, 15) is 9.59 Å². The molecular formula is C19H29N3O3. The van der Waals surface area contributed by atoms with E-state index in [-0.39, 0.29) is 23.5 Å². The first-order valence-electron chi connectivity index (χ1n) is 8.76. The number of urea groups is 1. The van der Waals surface area contributed by atoms with Crippen LogP contribution in [0.4, 0.5) is 4.79 Å². The fraction of sp³-hybridized carbons (Fsp3) is 0.579. The molecular weight excluding hydrogens is 318 g/mol. The average molecular weight is 347 g/mol. The Morgan fingerprint density at radius 2 is 1.76 bits per heavy atom. The first kappa shape index (κ1) is 19.1. The standard InChI is InChI=1S/C19H29N3O3/c1-19(2,3)21-18(24)22-11-9-15(10-12-22)20-17(23)13-14-5-7-16(25-4)8-6-14/h5-8,15H,9-13H2,1-4H3,(H,20,23)(H,21,24). The highest BCUT2D eigenvalue weighted by Crippen LogP contribution is 2.14. The Morgan fingerprint density at radius 1 is 1.16 bits per heavy atom. The smallest absolute Gasteiger partial charge is 0.317 e. The van der Waals surface area contributed by atoms with Gasteiger partial charge in [-0.15, -0.1) is 0 Å². The summed E-state index contributed by atoms with van der Waals surface area (Å²) in [6, 6.07) is 7.61. The zero-order valence-corrected chi connectivity index (χ0v) is 15.6. The van der Waals surface area contributed by atoms with Crippen LogP contribution in [0.15, 0.2) is 24.3 Å². The topological polar surface area (TPSA) is 70.7 Å². The van der Waals surface area contributed by atoms with Gasteiger partial charge in [-0.05, 0) is 51.3 Å². The van der Waals surface area contributed by atoms with E-state index in [1.165, 1.54) is 0 Å². The lowest BCUT2D eigenvalue weighted by Crippen LogP contribution is -2.53. The fourth-order valence-corrected chi connectivity index (χ4v) is 2.83. The van der Waals surface area contributed by atoms with Crippen molar-refractivity contribution in [1.82, 2.24) is 15.5 Å². The molecule has 6 heteroatoms. The minimum Gasteiger partial charge on any atom is -0.497 e. The van der Waals surface area contributed by atoms with Crippen molar-refractivity contribution in [2.45, 2.75) is 51.6 Å². The Bertz CT molecular complexity index is 585. The van der Waals surface area contributed by atoms with Crippen molar-refractivity contribution in [2.75, 3.05) is 20.2 Å². The van der Waals surface area contributed by atoms with Crippen LogP contribution in [0.25, 0.3) is 0 Å². The lowest BCUT2D eigenvalue weighted by atomic mass is 10.0. The Morgan fingerprint density at radius 3 is 2.28 bits per heavy atom. The summed E-state index contributed by atoms with van der Waals surface area (Å²) in [6.45, 7) is 7.23.